The van der Waals surface area contributed by atoms with Crippen molar-refractivity contribution >= 4 is 16.9 Å². The van der Waals surface area contributed by atoms with Crippen LogP contribution in [0, 0.1) is 5.92 Å². The summed E-state index contributed by atoms with van der Waals surface area (Å²) in [5, 5.41) is 10.2. The molecular formula is C21H22N6O. The number of fused-ring (bicyclic) bond motifs is 1. The van der Waals surface area contributed by atoms with Gasteiger partial charge in [0.15, 0.2) is 0 Å². The molecule has 0 bridgehead atoms. The number of nitrogens with one attached hydrogen (secondary N) is 2. The molecule has 3 heterocycles. The molecule has 7 nitrogen and oxygen atoms in total. The lowest BCUT2D eigenvalue weighted by Crippen LogP contribution is -2.33. The summed E-state index contributed by atoms with van der Waals surface area (Å²) in [6, 6.07) is 13.2. The zero-order chi connectivity index (χ0) is 19.7. The summed E-state index contributed by atoms with van der Waals surface area (Å²) in [6.07, 6.45) is 3.42. The quantitative estimate of drug-likeness (QED) is 0.560. The maximum absolute atomic E-state index is 12.9. The molecule has 28 heavy (non-hydrogen) atoms. The van der Waals surface area contributed by atoms with E-state index in [1.54, 1.807) is 18.5 Å². The molecule has 3 aromatic heterocycles. The number of nitrogens with zero attached hydrogens (tertiary/aromatic N) is 4. The van der Waals surface area contributed by atoms with Crippen LogP contribution in [0.25, 0.3) is 22.3 Å². The minimum Gasteiger partial charge on any atom is -0.341 e. The Labute approximate surface area is 162 Å². The Morgan fingerprint density at radius 3 is 2.71 bits per heavy atom. The van der Waals surface area contributed by atoms with Crippen molar-refractivity contribution in [3.05, 3.63) is 66.4 Å². The highest BCUT2D eigenvalue weighted by molar-refractivity contribution is 5.93. The van der Waals surface area contributed by atoms with Crippen LogP contribution < -0.4 is 5.32 Å². The highest BCUT2D eigenvalue weighted by Gasteiger charge is 2.25. The third kappa shape index (κ3) is 3.26. The number of aromatic amines is 1. The van der Waals surface area contributed by atoms with E-state index < -0.39 is 0 Å². The molecule has 2 N–H and O–H groups in total. The molecule has 0 radical (unpaired) electrons. The van der Waals surface area contributed by atoms with Crippen molar-refractivity contribution < 1.29 is 4.79 Å². The van der Waals surface area contributed by atoms with Gasteiger partial charge in [0.05, 0.1) is 22.8 Å². The summed E-state index contributed by atoms with van der Waals surface area (Å²) >= 11 is 0. The lowest BCUT2D eigenvalue weighted by atomic mass is 10.0. The lowest BCUT2D eigenvalue weighted by molar-refractivity contribution is 0.0917. The van der Waals surface area contributed by atoms with E-state index in [2.05, 4.69) is 34.3 Å². The Hall–Kier alpha value is -3.48. The van der Waals surface area contributed by atoms with Gasteiger partial charge in [-0.25, -0.2) is 4.98 Å². The molecule has 0 aliphatic heterocycles. The summed E-state index contributed by atoms with van der Waals surface area (Å²) in [7, 11) is 1.98. The van der Waals surface area contributed by atoms with Crippen molar-refractivity contribution in [1.29, 1.82) is 0 Å². The molecule has 0 aliphatic rings. The summed E-state index contributed by atoms with van der Waals surface area (Å²) < 4.78 is 2.04. The molecule has 0 aliphatic carbocycles. The van der Waals surface area contributed by atoms with Crippen molar-refractivity contribution in [3.63, 3.8) is 0 Å². The number of hydrogen-bond acceptors (Lipinski definition) is 4. The molecule has 1 amide bonds. The van der Waals surface area contributed by atoms with Gasteiger partial charge >= 0.3 is 0 Å². The number of para-hydroxylation sites is 2. The number of aryl methyl sites for hydroxylation is 1. The molecule has 4 rings (SSSR count). The maximum atomic E-state index is 12.9. The predicted octanol–water partition coefficient (Wildman–Crippen LogP) is 3.49. The summed E-state index contributed by atoms with van der Waals surface area (Å²) in [4.78, 5) is 21.7. The van der Waals surface area contributed by atoms with E-state index >= 15 is 0 Å². The van der Waals surface area contributed by atoms with Gasteiger partial charge in [0, 0.05) is 25.0 Å². The highest BCUT2D eigenvalue weighted by Crippen LogP contribution is 2.25. The summed E-state index contributed by atoms with van der Waals surface area (Å²) in [5.41, 5.74) is 3.90. The minimum atomic E-state index is -0.227. The second kappa shape index (κ2) is 7.26. The standard InChI is InChI=1S/C21H22N6O/c1-13(2)19(20-23-15-8-4-5-9-18(15)27(20)3)24-21(28)17-11-16(25-26-17)14-7-6-10-22-12-14/h4-13,19H,1-3H3,(H,24,28)(H,25,26). The van der Waals surface area contributed by atoms with Crippen molar-refractivity contribution in [2.24, 2.45) is 13.0 Å². The molecule has 142 valence electrons. The van der Waals surface area contributed by atoms with Crippen molar-refractivity contribution in [3.8, 4) is 11.3 Å². The Balaban J connectivity index is 1.61. The van der Waals surface area contributed by atoms with Gasteiger partial charge in [-0.3, -0.25) is 14.9 Å². The van der Waals surface area contributed by atoms with Crippen LogP contribution in [0.3, 0.4) is 0 Å². The van der Waals surface area contributed by atoms with E-state index in [4.69, 9.17) is 4.98 Å². The van der Waals surface area contributed by atoms with Gasteiger partial charge in [0.2, 0.25) is 0 Å². The average molecular weight is 374 g/mol. The Kier molecular flexibility index (Phi) is 4.65. The van der Waals surface area contributed by atoms with E-state index in [0.29, 0.717) is 11.4 Å². The van der Waals surface area contributed by atoms with Crippen LogP contribution in [0.5, 0.6) is 0 Å². The van der Waals surface area contributed by atoms with Crippen LogP contribution in [0.1, 0.15) is 36.2 Å². The third-order valence-electron chi connectivity index (χ3n) is 4.83. The van der Waals surface area contributed by atoms with Crippen molar-refractivity contribution in [1.82, 2.24) is 30.0 Å². The van der Waals surface area contributed by atoms with Gasteiger partial charge in [-0.1, -0.05) is 26.0 Å². The smallest absolute Gasteiger partial charge is 0.269 e. The number of amides is 1. The Bertz CT molecular complexity index is 1110. The molecule has 1 unspecified atom stereocenters. The average Bonchev–Trinajstić information content (AvgIpc) is 3.32. The van der Waals surface area contributed by atoms with Crippen LogP contribution in [0.2, 0.25) is 0 Å². The first-order valence-electron chi connectivity index (χ1n) is 9.22. The fourth-order valence-electron chi connectivity index (χ4n) is 3.29. The molecular weight excluding hydrogens is 352 g/mol. The van der Waals surface area contributed by atoms with Crippen molar-refractivity contribution in [2.45, 2.75) is 19.9 Å². The van der Waals surface area contributed by atoms with E-state index in [1.165, 1.54) is 0 Å². The third-order valence-corrected chi connectivity index (χ3v) is 4.83. The molecule has 0 saturated heterocycles. The molecule has 1 atom stereocenters. The van der Waals surface area contributed by atoms with Gasteiger partial charge < -0.3 is 9.88 Å². The van der Waals surface area contributed by atoms with Crippen LogP contribution in [-0.2, 0) is 7.05 Å². The monoisotopic (exact) mass is 374 g/mol. The molecule has 7 heteroatoms. The number of rotatable bonds is 5. The van der Waals surface area contributed by atoms with E-state index in [-0.39, 0.29) is 17.9 Å². The van der Waals surface area contributed by atoms with Gasteiger partial charge in [-0.05, 0) is 36.2 Å². The lowest BCUT2D eigenvalue weighted by Gasteiger charge is -2.21. The zero-order valence-electron chi connectivity index (χ0n) is 16.0. The fraction of sp³-hybridized carbons (Fsp3) is 0.238. The number of benzene rings is 1. The van der Waals surface area contributed by atoms with Gasteiger partial charge in [0.25, 0.3) is 5.91 Å². The highest BCUT2D eigenvalue weighted by atomic mass is 16.2. The Morgan fingerprint density at radius 2 is 2.00 bits per heavy atom. The molecule has 4 aromatic rings. The van der Waals surface area contributed by atoms with E-state index in [1.807, 2.05) is 48.0 Å². The first-order valence-corrected chi connectivity index (χ1v) is 9.22. The van der Waals surface area contributed by atoms with Gasteiger partial charge in [-0.15, -0.1) is 0 Å². The second-order valence-electron chi connectivity index (χ2n) is 7.12. The number of carbonyl (C=O) groups is 1. The number of H-pyrrole nitrogens is 1. The van der Waals surface area contributed by atoms with Crippen LogP contribution in [-0.4, -0.2) is 30.6 Å². The number of imidazole rings is 1. The Morgan fingerprint density at radius 1 is 1.18 bits per heavy atom. The normalized spacial score (nSPS) is 12.4. The van der Waals surface area contributed by atoms with E-state index in [9.17, 15) is 4.79 Å². The topological polar surface area (TPSA) is 88.5 Å². The fourth-order valence-corrected chi connectivity index (χ4v) is 3.29. The van der Waals surface area contributed by atoms with Gasteiger partial charge in [-0.2, -0.15) is 5.10 Å². The predicted molar refractivity (Wildman–Crippen MR) is 108 cm³/mol. The minimum absolute atomic E-state index is 0.167. The molecule has 0 saturated carbocycles. The van der Waals surface area contributed by atoms with Crippen LogP contribution in [0.15, 0.2) is 54.9 Å². The summed E-state index contributed by atoms with van der Waals surface area (Å²) in [6.45, 7) is 4.14. The second-order valence-corrected chi connectivity index (χ2v) is 7.12. The van der Waals surface area contributed by atoms with Crippen LogP contribution in [0.4, 0.5) is 0 Å². The first-order chi connectivity index (χ1) is 13.5. The number of hydrogen-bond donors (Lipinski definition) is 2. The van der Waals surface area contributed by atoms with Crippen LogP contribution >= 0.6 is 0 Å². The molecule has 1 aromatic carbocycles. The number of carbonyl (C=O) groups excluding carboxylic acids is 1. The van der Waals surface area contributed by atoms with Gasteiger partial charge in [0.1, 0.15) is 11.5 Å². The maximum Gasteiger partial charge on any atom is 0.269 e. The largest absolute Gasteiger partial charge is 0.341 e. The molecule has 0 spiro atoms. The SMILES string of the molecule is CC(C)C(NC(=O)c1cc(-c2cccnc2)n[nH]1)c1nc2ccccc2n1C. The zero-order valence-corrected chi connectivity index (χ0v) is 16.0. The number of aromatic nitrogens is 5. The number of pyridine rings is 1. The van der Waals surface area contributed by atoms with E-state index in [0.717, 1.165) is 22.4 Å². The first kappa shape index (κ1) is 17.9. The van der Waals surface area contributed by atoms with Crippen molar-refractivity contribution in [2.75, 3.05) is 0 Å². The summed E-state index contributed by atoms with van der Waals surface area (Å²) in [5.74, 6) is 0.783. The molecule has 0 fully saturated rings.